The average molecular weight is 197 g/mol. The lowest BCUT2D eigenvalue weighted by Crippen LogP contribution is -2.15. The van der Waals surface area contributed by atoms with E-state index < -0.39 is 23.3 Å². The van der Waals surface area contributed by atoms with E-state index in [0.29, 0.717) is 0 Å². The van der Waals surface area contributed by atoms with Crippen molar-refractivity contribution < 1.29 is 19.1 Å². The van der Waals surface area contributed by atoms with Crippen LogP contribution in [0.4, 0.5) is 4.39 Å². The number of amides is 1. The molecule has 3 N–H and O–H groups in total. The number of carboxylic acid groups (broad SMARTS) is 1. The number of primary amides is 1. The van der Waals surface area contributed by atoms with Crippen molar-refractivity contribution in [1.82, 2.24) is 0 Å². The Morgan fingerprint density at radius 3 is 2.29 bits per heavy atom. The van der Waals surface area contributed by atoms with Crippen LogP contribution in [0.25, 0.3) is 0 Å². The van der Waals surface area contributed by atoms with Gasteiger partial charge in [0.25, 0.3) is 0 Å². The van der Waals surface area contributed by atoms with E-state index in [1.54, 1.807) is 0 Å². The zero-order valence-corrected chi connectivity index (χ0v) is 7.37. The number of rotatable bonds is 2. The number of aromatic carboxylic acids is 1. The molecule has 0 aliphatic heterocycles. The molecule has 0 saturated heterocycles. The molecule has 1 rings (SSSR count). The molecule has 1 amide bonds. The Labute approximate surface area is 79.1 Å². The molecule has 0 heterocycles. The molecule has 0 saturated carbocycles. The van der Waals surface area contributed by atoms with Gasteiger partial charge in [-0.3, -0.25) is 4.79 Å². The molecule has 0 spiro atoms. The Morgan fingerprint density at radius 2 is 1.86 bits per heavy atom. The highest BCUT2D eigenvalue weighted by molar-refractivity contribution is 5.96. The molecule has 0 aromatic heterocycles. The molecule has 0 unspecified atom stereocenters. The molecule has 0 aliphatic carbocycles. The van der Waals surface area contributed by atoms with E-state index in [0.717, 1.165) is 6.07 Å². The summed E-state index contributed by atoms with van der Waals surface area (Å²) in [6.07, 6.45) is 0. The summed E-state index contributed by atoms with van der Waals surface area (Å²) < 4.78 is 13.3. The van der Waals surface area contributed by atoms with Crippen molar-refractivity contribution in [3.05, 3.63) is 34.6 Å². The number of carboxylic acids is 1. The lowest BCUT2D eigenvalue weighted by atomic mass is 10.0. The van der Waals surface area contributed by atoms with E-state index in [1.165, 1.54) is 13.0 Å². The van der Waals surface area contributed by atoms with Gasteiger partial charge in [-0.25, -0.2) is 9.18 Å². The number of hydrogen-bond acceptors (Lipinski definition) is 2. The van der Waals surface area contributed by atoms with Crippen LogP contribution in [0.2, 0.25) is 0 Å². The minimum Gasteiger partial charge on any atom is -0.478 e. The van der Waals surface area contributed by atoms with Gasteiger partial charge >= 0.3 is 5.97 Å². The molecule has 4 nitrogen and oxygen atoms in total. The number of carbonyl (C=O) groups excluding carboxylic acids is 1. The van der Waals surface area contributed by atoms with Crippen molar-refractivity contribution in [2.45, 2.75) is 6.92 Å². The summed E-state index contributed by atoms with van der Waals surface area (Å²) in [5, 5.41) is 8.56. The molecule has 0 aliphatic rings. The monoisotopic (exact) mass is 197 g/mol. The molecule has 14 heavy (non-hydrogen) atoms. The molecule has 1 aromatic carbocycles. The Bertz CT molecular complexity index is 376. The largest absolute Gasteiger partial charge is 0.478 e. The topological polar surface area (TPSA) is 80.4 Å². The van der Waals surface area contributed by atoms with Crippen LogP contribution in [-0.4, -0.2) is 17.0 Å². The van der Waals surface area contributed by atoms with Crippen LogP contribution in [0.5, 0.6) is 0 Å². The fraction of sp³-hybridized carbons (Fsp3) is 0.111. The summed E-state index contributed by atoms with van der Waals surface area (Å²) in [7, 11) is 0. The fourth-order valence-electron chi connectivity index (χ4n) is 1.12. The van der Waals surface area contributed by atoms with E-state index >= 15 is 0 Å². The Hall–Kier alpha value is -1.91. The van der Waals surface area contributed by atoms with Crippen LogP contribution in [0.3, 0.4) is 0 Å². The predicted octanol–water partition coefficient (Wildman–Crippen LogP) is 0.931. The molecule has 74 valence electrons. The van der Waals surface area contributed by atoms with Crippen LogP contribution in [0.1, 0.15) is 26.3 Å². The highest BCUT2D eigenvalue weighted by atomic mass is 19.1. The summed E-state index contributed by atoms with van der Waals surface area (Å²) in [4.78, 5) is 21.3. The third kappa shape index (κ3) is 1.56. The second-order valence-electron chi connectivity index (χ2n) is 2.77. The maximum absolute atomic E-state index is 13.3. The van der Waals surface area contributed by atoms with E-state index in [1.807, 2.05) is 0 Å². The number of benzene rings is 1. The Morgan fingerprint density at radius 1 is 1.36 bits per heavy atom. The summed E-state index contributed by atoms with van der Waals surface area (Å²) >= 11 is 0. The number of hydrogen-bond donors (Lipinski definition) is 2. The van der Waals surface area contributed by atoms with E-state index in [4.69, 9.17) is 10.8 Å². The predicted molar refractivity (Wildman–Crippen MR) is 46.6 cm³/mol. The minimum atomic E-state index is -1.37. The Kier molecular flexibility index (Phi) is 2.51. The van der Waals surface area contributed by atoms with Crippen LogP contribution >= 0.6 is 0 Å². The Balaban J connectivity index is 3.41. The van der Waals surface area contributed by atoms with Crippen molar-refractivity contribution in [2.75, 3.05) is 0 Å². The van der Waals surface area contributed by atoms with Gasteiger partial charge in [0.15, 0.2) is 0 Å². The van der Waals surface area contributed by atoms with Crippen LogP contribution in [0.15, 0.2) is 12.1 Å². The zero-order valence-electron chi connectivity index (χ0n) is 7.37. The van der Waals surface area contributed by atoms with Crippen molar-refractivity contribution >= 4 is 11.9 Å². The standard InChI is InChI=1S/C9H8FNO3/c1-4-5(8(11)12)2-3-6(7(4)10)9(13)14/h2-3H,1H3,(H2,11,12)(H,13,14). The molecular formula is C9H8FNO3. The van der Waals surface area contributed by atoms with Crippen LogP contribution in [0, 0.1) is 12.7 Å². The normalized spacial score (nSPS) is 9.86. The second-order valence-corrected chi connectivity index (χ2v) is 2.77. The molecule has 0 bridgehead atoms. The molecule has 0 radical (unpaired) electrons. The van der Waals surface area contributed by atoms with Gasteiger partial charge in [0.2, 0.25) is 5.91 Å². The van der Waals surface area contributed by atoms with E-state index in [-0.39, 0.29) is 11.1 Å². The third-order valence-corrected chi connectivity index (χ3v) is 1.88. The van der Waals surface area contributed by atoms with Gasteiger partial charge in [0, 0.05) is 5.56 Å². The van der Waals surface area contributed by atoms with Gasteiger partial charge in [-0.2, -0.15) is 0 Å². The van der Waals surface area contributed by atoms with Gasteiger partial charge in [0.05, 0.1) is 5.56 Å². The quantitative estimate of drug-likeness (QED) is 0.740. The zero-order chi connectivity index (χ0) is 10.9. The summed E-state index contributed by atoms with van der Waals surface area (Å²) in [6.45, 7) is 1.31. The van der Waals surface area contributed by atoms with Crippen LogP contribution in [-0.2, 0) is 0 Å². The lowest BCUT2D eigenvalue weighted by Gasteiger charge is -2.04. The maximum atomic E-state index is 13.3. The van der Waals surface area contributed by atoms with Crippen LogP contribution < -0.4 is 5.73 Å². The summed E-state index contributed by atoms with van der Waals surface area (Å²) in [5.74, 6) is -3.08. The SMILES string of the molecule is Cc1c(C(N)=O)ccc(C(=O)O)c1F. The highest BCUT2D eigenvalue weighted by Gasteiger charge is 2.16. The number of carbonyl (C=O) groups is 2. The molecule has 1 aromatic rings. The molecule has 5 heteroatoms. The van der Waals surface area contributed by atoms with Crippen molar-refractivity contribution in [3.8, 4) is 0 Å². The van der Waals surface area contributed by atoms with Gasteiger partial charge in [-0.05, 0) is 24.6 Å². The molecule has 0 atom stereocenters. The van der Waals surface area contributed by atoms with E-state index in [9.17, 15) is 14.0 Å². The summed E-state index contributed by atoms with van der Waals surface area (Å²) in [5.41, 5.74) is 4.44. The smallest absolute Gasteiger partial charge is 0.338 e. The lowest BCUT2D eigenvalue weighted by molar-refractivity contribution is 0.0691. The minimum absolute atomic E-state index is 0.00694. The maximum Gasteiger partial charge on any atom is 0.338 e. The van der Waals surface area contributed by atoms with Gasteiger partial charge < -0.3 is 10.8 Å². The van der Waals surface area contributed by atoms with Gasteiger partial charge in [-0.15, -0.1) is 0 Å². The first-order valence-electron chi connectivity index (χ1n) is 3.77. The summed E-state index contributed by atoms with van der Waals surface area (Å²) in [6, 6.07) is 2.22. The highest BCUT2D eigenvalue weighted by Crippen LogP contribution is 2.16. The molecular weight excluding hydrogens is 189 g/mol. The average Bonchev–Trinajstić information content (AvgIpc) is 2.08. The van der Waals surface area contributed by atoms with Crippen molar-refractivity contribution in [3.63, 3.8) is 0 Å². The van der Waals surface area contributed by atoms with Crippen molar-refractivity contribution in [1.29, 1.82) is 0 Å². The van der Waals surface area contributed by atoms with Gasteiger partial charge in [0.1, 0.15) is 5.82 Å². The number of nitrogens with two attached hydrogens (primary N) is 1. The first-order valence-corrected chi connectivity index (χ1v) is 3.77. The first kappa shape index (κ1) is 10.2. The second kappa shape index (κ2) is 3.45. The van der Waals surface area contributed by atoms with Crippen molar-refractivity contribution in [2.24, 2.45) is 5.73 Å². The third-order valence-electron chi connectivity index (χ3n) is 1.88. The molecule has 0 fully saturated rings. The number of halogens is 1. The van der Waals surface area contributed by atoms with E-state index in [2.05, 4.69) is 0 Å². The fourth-order valence-corrected chi connectivity index (χ4v) is 1.12. The first-order chi connectivity index (χ1) is 6.45. The van der Waals surface area contributed by atoms with Gasteiger partial charge in [-0.1, -0.05) is 0 Å².